The average molecular weight is 363 g/mol. The van der Waals surface area contributed by atoms with E-state index in [1.807, 2.05) is 38.1 Å². The normalized spacial score (nSPS) is 10.6. The van der Waals surface area contributed by atoms with Crippen LogP contribution in [0.15, 0.2) is 36.7 Å². The first kappa shape index (κ1) is 19.0. The summed E-state index contributed by atoms with van der Waals surface area (Å²) in [5, 5.41) is 4.88. The highest BCUT2D eigenvalue weighted by Crippen LogP contribution is 2.16. The van der Waals surface area contributed by atoms with Crippen LogP contribution in [0.1, 0.15) is 29.8 Å². The topological polar surface area (TPSA) is 58.4 Å². The van der Waals surface area contributed by atoms with E-state index in [2.05, 4.69) is 5.10 Å². The summed E-state index contributed by atoms with van der Waals surface area (Å²) in [5.41, 5.74) is 1.37. The lowest BCUT2D eigenvalue weighted by molar-refractivity contribution is -0.131. The highest BCUT2D eigenvalue weighted by Gasteiger charge is 2.19. The van der Waals surface area contributed by atoms with Crippen LogP contribution in [0.5, 0.6) is 0 Å². The van der Waals surface area contributed by atoms with Crippen molar-refractivity contribution in [2.24, 2.45) is 0 Å². The second kappa shape index (κ2) is 8.67. The van der Waals surface area contributed by atoms with Crippen molar-refractivity contribution in [2.75, 3.05) is 26.7 Å². The molecule has 0 N–H and O–H groups in total. The smallest absolute Gasteiger partial charge is 0.257 e. The Bertz CT molecular complexity index is 740. The molecule has 1 heterocycles. The minimum absolute atomic E-state index is 0.0518. The van der Waals surface area contributed by atoms with Gasteiger partial charge < -0.3 is 9.80 Å². The van der Waals surface area contributed by atoms with Crippen molar-refractivity contribution < 1.29 is 9.59 Å². The number of likely N-dealkylation sites (N-methyl/N-ethyl adjacent to an activating group) is 2. The van der Waals surface area contributed by atoms with Crippen LogP contribution in [0.3, 0.4) is 0 Å². The molecule has 0 aliphatic rings. The fourth-order valence-electron chi connectivity index (χ4n) is 2.53. The molecule has 0 spiro atoms. The summed E-state index contributed by atoms with van der Waals surface area (Å²) in [6.07, 6.45) is 3.18. The van der Waals surface area contributed by atoms with Gasteiger partial charge in [-0.15, -0.1) is 0 Å². The van der Waals surface area contributed by atoms with Gasteiger partial charge in [0.25, 0.3) is 5.91 Å². The van der Waals surface area contributed by atoms with Gasteiger partial charge in [-0.05, 0) is 25.5 Å². The molecule has 2 aromatic rings. The molecule has 0 atom stereocenters. The number of carbonyl (C=O) groups is 2. The van der Waals surface area contributed by atoms with Crippen molar-refractivity contribution in [2.45, 2.75) is 20.4 Å². The summed E-state index contributed by atoms with van der Waals surface area (Å²) in [6.45, 7) is 5.63. The molecule has 1 aromatic carbocycles. The Morgan fingerprint density at radius 2 is 1.88 bits per heavy atom. The number of halogens is 1. The lowest BCUT2D eigenvalue weighted by Crippen LogP contribution is -2.40. The van der Waals surface area contributed by atoms with Crippen LogP contribution in [0.25, 0.3) is 0 Å². The maximum atomic E-state index is 12.5. The first-order chi connectivity index (χ1) is 12.0. The molecule has 0 unspecified atom stereocenters. The van der Waals surface area contributed by atoms with Crippen LogP contribution in [-0.4, -0.2) is 58.1 Å². The number of aromatic nitrogens is 2. The van der Waals surface area contributed by atoms with Gasteiger partial charge in [0.15, 0.2) is 0 Å². The summed E-state index contributed by atoms with van der Waals surface area (Å²) in [5.74, 6) is -0.296. The van der Waals surface area contributed by atoms with E-state index in [4.69, 9.17) is 11.6 Å². The highest BCUT2D eigenvalue weighted by molar-refractivity contribution is 6.31. The molecule has 0 radical (unpaired) electrons. The van der Waals surface area contributed by atoms with Crippen LogP contribution >= 0.6 is 11.6 Å². The Balaban J connectivity index is 2.02. The van der Waals surface area contributed by atoms with Gasteiger partial charge in [0, 0.05) is 31.4 Å². The van der Waals surface area contributed by atoms with E-state index < -0.39 is 0 Å². The van der Waals surface area contributed by atoms with Gasteiger partial charge in [-0.2, -0.15) is 5.10 Å². The molecule has 0 fully saturated rings. The van der Waals surface area contributed by atoms with Crippen molar-refractivity contribution in [3.8, 4) is 0 Å². The number of nitrogens with zero attached hydrogens (tertiary/aromatic N) is 4. The summed E-state index contributed by atoms with van der Waals surface area (Å²) < 4.78 is 1.66. The van der Waals surface area contributed by atoms with Gasteiger partial charge in [0.1, 0.15) is 0 Å². The van der Waals surface area contributed by atoms with E-state index in [0.717, 1.165) is 5.56 Å². The molecule has 0 aliphatic carbocycles. The van der Waals surface area contributed by atoms with Crippen LogP contribution in [0, 0.1) is 0 Å². The average Bonchev–Trinajstić information content (AvgIpc) is 3.05. The van der Waals surface area contributed by atoms with E-state index in [1.54, 1.807) is 22.8 Å². The van der Waals surface area contributed by atoms with E-state index in [1.165, 1.54) is 11.1 Å². The Labute approximate surface area is 153 Å². The molecule has 7 heteroatoms. The molecule has 6 nitrogen and oxygen atoms in total. The highest BCUT2D eigenvalue weighted by atomic mass is 35.5. The molecule has 1 aromatic heterocycles. The summed E-state index contributed by atoms with van der Waals surface area (Å²) in [6, 6.07) is 7.51. The molecular formula is C18H23ClN4O2. The molecule has 0 saturated carbocycles. The molecule has 0 aliphatic heterocycles. The zero-order chi connectivity index (χ0) is 18.4. The van der Waals surface area contributed by atoms with Crippen LogP contribution < -0.4 is 0 Å². The number of hydrogen-bond donors (Lipinski definition) is 0. The number of rotatable bonds is 7. The maximum Gasteiger partial charge on any atom is 0.257 e. The van der Waals surface area contributed by atoms with Gasteiger partial charge in [0.05, 0.1) is 24.8 Å². The van der Waals surface area contributed by atoms with E-state index in [0.29, 0.717) is 30.2 Å². The van der Waals surface area contributed by atoms with Crippen molar-refractivity contribution in [1.29, 1.82) is 0 Å². The van der Waals surface area contributed by atoms with Gasteiger partial charge in [0.2, 0.25) is 5.91 Å². The Kier molecular flexibility index (Phi) is 6.58. The summed E-state index contributed by atoms with van der Waals surface area (Å²) in [7, 11) is 1.62. The second-order valence-corrected chi connectivity index (χ2v) is 6.15. The Morgan fingerprint density at radius 3 is 2.52 bits per heavy atom. The van der Waals surface area contributed by atoms with Gasteiger partial charge in [-0.1, -0.05) is 29.8 Å². The molecule has 134 valence electrons. The Morgan fingerprint density at radius 1 is 1.20 bits per heavy atom. The molecular weight excluding hydrogens is 340 g/mol. The molecule has 0 bridgehead atoms. The first-order valence-corrected chi connectivity index (χ1v) is 8.63. The predicted octanol–water partition coefficient (Wildman–Crippen LogP) is 2.53. The van der Waals surface area contributed by atoms with E-state index in [-0.39, 0.29) is 18.4 Å². The third-order valence-electron chi connectivity index (χ3n) is 4.01. The number of hydrogen-bond acceptors (Lipinski definition) is 3. The fourth-order valence-corrected chi connectivity index (χ4v) is 2.73. The lowest BCUT2D eigenvalue weighted by atomic mass is 10.2. The monoisotopic (exact) mass is 362 g/mol. The zero-order valence-electron chi connectivity index (χ0n) is 14.8. The molecule has 0 saturated heterocycles. The molecule has 2 rings (SSSR count). The largest absolute Gasteiger partial charge is 0.342 e. The molecule has 2 amide bonds. The third-order valence-corrected chi connectivity index (χ3v) is 4.37. The van der Waals surface area contributed by atoms with Crippen molar-refractivity contribution in [3.63, 3.8) is 0 Å². The van der Waals surface area contributed by atoms with Gasteiger partial charge in [-0.25, -0.2) is 0 Å². The summed E-state index contributed by atoms with van der Waals surface area (Å²) >= 11 is 6.15. The number of benzene rings is 1. The summed E-state index contributed by atoms with van der Waals surface area (Å²) in [4.78, 5) is 27.7. The van der Waals surface area contributed by atoms with Crippen molar-refractivity contribution in [1.82, 2.24) is 19.6 Å². The minimum atomic E-state index is -0.231. The number of amides is 2. The zero-order valence-corrected chi connectivity index (χ0v) is 15.5. The lowest BCUT2D eigenvalue weighted by Gasteiger charge is -2.22. The minimum Gasteiger partial charge on any atom is -0.342 e. The Hall–Kier alpha value is -2.34. The standard InChI is InChI=1S/C18H23ClN4O2/c1-4-22(5-2)17(24)13-21(3)18(25)15-10-20-23(12-15)11-14-8-6-7-9-16(14)19/h6-10,12H,4-5,11,13H2,1-3H3. The third kappa shape index (κ3) is 4.82. The predicted molar refractivity (Wildman–Crippen MR) is 97.7 cm³/mol. The van der Waals surface area contributed by atoms with E-state index >= 15 is 0 Å². The van der Waals surface area contributed by atoms with Crippen LogP contribution in [-0.2, 0) is 11.3 Å². The van der Waals surface area contributed by atoms with Gasteiger partial charge >= 0.3 is 0 Å². The van der Waals surface area contributed by atoms with Gasteiger partial charge in [-0.3, -0.25) is 14.3 Å². The molecule has 25 heavy (non-hydrogen) atoms. The van der Waals surface area contributed by atoms with E-state index in [9.17, 15) is 9.59 Å². The fraction of sp³-hybridized carbons (Fsp3) is 0.389. The van der Waals surface area contributed by atoms with Crippen molar-refractivity contribution >= 4 is 23.4 Å². The second-order valence-electron chi connectivity index (χ2n) is 5.75. The number of carbonyl (C=O) groups excluding carboxylic acids is 2. The van der Waals surface area contributed by atoms with Crippen molar-refractivity contribution in [3.05, 3.63) is 52.8 Å². The quantitative estimate of drug-likeness (QED) is 0.760. The van der Waals surface area contributed by atoms with Crippen LogP contribution in [0.4, 0.5) is 0 Å². The maximum absolute atomic E-state index is 12.5. The SMILES string of the molecule is CCN(CC)C(=O)CN(C)C(=O)c1cnn(Cc2ccccc2Cl)c1. The van der Waals surface area contributed by atoms with Crippen LogP contribution in [0.2, 0.25) is 5.02 Å². The first-order valence-electron chi connectivity index (χ1n) is 8.25.